The Balaban J connectivity index is 2.37. The van der Waals surface area contributed by atoms with Crippen LogP contribution in [-0.4, -0.2) is 7.05 Å². The summed E-state index contributed by atoms with van der Waals surface area (Å²) in [5, 5.41) is 3.74. The SMILES string of the molecule is CNC(C)c1ccc(-c2cc(F)ccc2Cl)cc1. The molecule has 0 amide bonds. The highest BCUT2D eigenvalue weighted by atomic mass is 35.5. The molecule has 0 aliphatic heterocycles. The number of rotatable bonds is 3. The fourth-order valence-corrected chi connectivity index (χ4v) is 2.06. The zero-order chi connectivity index (χ0) is 13.1. The van der Waals surface area contributed by atoms with Gasteiger partial charge in [0.05, 0.1) is 0 Å². The Morgan fingerprint density at radius 1 is 1.11 bits per heavy atom. The Labute approximate surface area is 112 Å². The summed E-state index contributed by atoms with van der Waals surface area (Å²) in [6.07, 6.45) is 0. The Morgan fingerprint density at radius 3 is 2.39 bits per heavy atom. The summed E-state index contributed by atoms with van der Waals surface area (Å²) in [5.74, 6) is -0.276. The van der Waals surface area contributed by atoms with Gasteiger partial charge in [-0.3, -0.25) is 0 Å². The van der Waals surface area contributed by atoms with Crippen molar-refractivity contribution in [3.05, 3.63) is 58.9 Å². The molecule has 2 aromatic carbocycles. The molecule has 2 aromatic rings. The Morgan fingerprint density at radius 2 is 1.78 bits per heavy atom. The standard InChI is InChI=1S/C15H15ClFN/c1-10(18-2)11-3-5-12(6-4-11)14-9-13(17)7-8-15(14)16/h3-10,18H,1-2H3. The van der Waals surface area contributed by atoms with Crippen molar-refractivity contribution in [3.8, 4) is 11.1 Å². The summed E-state index contributed by atoms with van der Waals surface area (Å²) in [4.78, 5) is 0. The third kappa shape index (κ3) is 2.71. The summed E-state index contributed by atoms with van der Waals surface area (Å²) in [6, 6.07) is 12.7. The van der Waals surface area contributed by atoms with Crippen LogP contribution >= 0.6 is 11.6 Å². The van der Waals surface area contributed by atoms with E-state index in [9.17, 15) is 4.39 Å². The van der Waals surface area contributed by atoms with Gasteiger partial charge < -0.3 is 5.32 Å². The molecule has 0 saturated carbocycles. The van der Waals surface area contributed by atoms with E-state index in [2.05, 4.69) is 12.2 Å². The van der Waals surface area contributed by atoms with E-state index in [-0.39, 0.29) is 5.82 Å². The van der Waals surface area contributed by atoms with E-state index < -0.39 is 0 Å². The largest absolute Gasteiger partial charge is 0.313 e. The third-order valence-electron chi connectivity index (χ3n) is 3.08. The number of hydrogen-bond donors (Lipinski definition) is 1. The van der Waals surface area contributed by atoms with Gasteiger partial charge >= 0.3 is 0 Å². The molecule has 1 unspecified atom stereocenters. The van der Waals surface area contributed by atoms with Crippen LogP contribution in [0.3, 0.4) is 0 Å². The van der Waals surface area contributed by atoms with E-state index >= 15 is 0 Å². The second-order valence-electron chi connectivity index (χ2n) is 4.26. The first-order chi connectivity index (χ1) is 8.61. The van der Waals surface area contributed by atoms with Gasteiger partial charge in [0.15, 0.2) is 0 Å². The topological polar surface area (TPSA) is 12.0 Å². The normalized spacial score (nSPS) is 12.4. The monoisotopic (exact) mass is 263 g/mol. The highest BCUT2D eigenvalue weighted by Gasteiger charge is 2.07. The molecule has 0 saturated heterocycles. The smallest absolute Gasteiger partial charge is 0.123 e. The molecular weight excluding hydrogens is 249 g/mol. The van der Waals surface area contributed by atoms with Crippen molar-refractivity contribution in [3.63, 3.8) is 0 Å². The van der Waals surface area contributed by atoms with Gasteiger partial charge in [-0.2, -0.15) is 0 Å². The van der Waals surface area contributed by atoms with Gasteiger partial charge in [0.2, 0.25) is 0 Å². The first-order valence-corrected chi connectivity index (χ1v) is 6.22. The van der Waals surface area contributed by atoms with Crippen molar-refractivity contribution in [2.45, 2.75) is 13.0 Å². The Hall–Kier alpha value is -1.38. The minimum absolute atomic E-state index is 0.276. The molecule has 1 atom stereocenters. The summed E-state index contributed by atoms with van der Waals surface area (Å²) >= 11 is 6.08. The molecule has 0 aromatic heterocycles. The molecular formula is C15H15ClFN. The predicted octanol–water partition coefficient (Wildman–Crippen LogP) is 4.43. The number of halogens is 2. The highest BCUT2D eigenvalue weighted by Crippen LogP contribution is 2.29. The van der Waals surface area contributed by atoms with Crippen molar-refractivity contribution in [2.75, 3.05) is 7.05 Å². The summed E-state index contributed by atoms with van der Waals surface area (Å²) in [6.45, 7) is 2.09. The molecule has 0 spiro atoms. The highest BCUT2D eigenvalue weighted by molar-refractivity contribution is 6.33. The number of hydrogen-bond acceptors (Lipinski definition) is 1. The van der Waals surface area contributed by atoms with Gasteiger partial charge in [-0.05, 0) is 43.3 Å². The van der Waals surface area contributed by atoms with E-state index in [4.69, 9.17) is 11.6 Å². The summed E-state index contributed by atoms with van der Waals surface area (Å²) in [5.41, 5.74) is 2.83. The Bertz CT molecular complexity index is 537. The second kappa shape index (κ2) is 5.51. The van der Waals surface area contributed by atoms with E-state index in [0.29, 0.717) is 11.1 Å². The average molecular weight is 264 g/mol. The van der Waals surface area contributed by atoms with Crippen LogP contribution in [0, 0.1) is 5.82 Å². The lowest BCUT2D eigenvalue weighted by atomic mass is 10.0. The lowest BCUT2D eigenvalue weighted by molar-refractivity contribution is 0.628. The molecule has 0 bridgehead atoms. The van der Waals surface area contributed by atoms with E-state index in [1.807, 2.05) is 31.3 Å². The van der Waals surface area contributed by atoms with Crippen molar-refractivity contribution >= 4 is 11.6 Å². The van der Waals surface area contributed by atoms with Crippen LogP contribution in [-0.2, 0) is 0 Å². The maximum absolute atomic E-state index is 13.2. The van der Waals surface area contributed by atoms with Crippen molar-refractivity contribution < 1.29 is 4.39 Å². The van der Waals surface area contributed by atoms with E-state index in [1.54, 1.807) is 6.07 Å². The van der Waals surface area contributed by atoms with Gasteiger partial charge in [0.25, 0.3) is 0 Å². The van der Waals surface area contributed by atoms with Crippen LogP contribution in [0.15, 0.2) is 42.5 Å². The maximum Gasteiger partial charge on any atom is 0.123 e. The zero-order valence-electron chi connectivity index (χ0n) is 10.4. The molecule has 3 heteroatoms. The molecule has 1 N–H and O–H groups in total. The average Bonchev–Trinajstić information content (AvgIpc) is 2.41. The molecule has 0 heterocycles. The molecule has 0 aliphatic carbocycles. The summed E-state index contributed by atoms with van der Waals surface area (Å²) < 4.78 is 13.2. The fourth-order valence-electron chi connectivity index (χ4n) is 1.84. The van der Waals surface area contributed by atoms with Gasteiger partial charge in [-0.15, -0.1) is 0 Å². The predicted molar refractivity (Wildman–Crippen MR) is 74.3 cm³/mol. The Kier molecular flexibility index (Phi) is 4.00. The molecule has 0 aliphatic rings. The third-order valence-corrected chi connectivity index (χ3v) is 3.41. The van der Waals surface area contributed by atoms with Crippen LogP contribution in [0.2, 0.25) is 5.02 Å². The lowest BCUT2D eigenvalue weighted by Gasteiger charge is -2.11. The van der Waals surface area contributed by atoms with Crippen molar-refractivity contribution in [2.24, 2.45) is 0 Å². The molecule has 18 heavy (non-hydrogen) atoms. The quantitative estimate of drug-likeness (QED) is 0.864. The van der Waals surface area contributed by atoms with Crippen LogP contribution in [0.5, 0.6) is 0 Å². The van der Waals surface area contributed by atoms with E-state index in [0.717, 1.165) is 11.1 Å². The van der Waals surface area contributed by atoms with Crippen molar-refractivity contribution in [1.82, 2.24) is 5.32 Å². The summed E-state index contributed by atoms with van der Waals surface area (Å²) in [7, 11) is 1.92. The number of nitrogens with one attached hydrogen (secondary N) is 1. The van der Waals surface area contributed by atoms with Gasteiger partial charge in [0.1, 0.15) is 5.82 Å². The van der Waals surface area contributed by atoms with Gasteiger partial charge in [0, 0.05) is 16.6 Å². The zero-order valence-corrected chi connectivity index (χ0v) is 11.1. The van der Waals surface area contributed by atoms with Crippen LogP contribution in [0.25, 0.3) is 11.1 Å². The molecule has 0 radical (unpaired) electrons. The number of benzene rings is 2. The van der Waals surface area contributed by atoms with Gasteiger partial charge in [-0.1, -0.05) is 35.9 Å². The molecule has 1 nitrogen and oxygen atoms in total. The van der Waals surface area contributed by atoms with Crippen LogP contribution in [0.1, 0.15) is 18.5 Å². The van der Waals surface area contributed by atoms with Gasteiger partial charge in [-0.25, -0.2) is 4.39 Å². The lowest BCUT2D eigenvalue weighted by Crippen LogP contribution is -2.11. The minimum atomic E-state index is -0.276. The maximum atomic E-state index is 13.2. The first kappa shape index (κ1) is 13.1. The second-order valence-corrected chi connectivity index (χ2v) is 4.66. The molecule has 0 fully saturated rings. The van der Waals surface area contributed by atoms with E-state index in [1.165, 1.54) is 17.7 Å². The molecule has 94 valence electrons. The minimum Gasteiger partial charge on any atom is -0.313 e. The van der Waals surface area contributed by atoms with Crippen molar-refractivity contribution in [1.29, 1.82) is 0 Å². The van der Waals surface area contributed by atoms with Crippen LogP contribution < -0.4 is 5.32 Å². The van der Waals surface area contributed by atoms with Crippen LogP contribution in [0.4, 0.5) is 4.39 Å². The first-order valence-electron chi connectivity index (χ1n) is 5.84. The molecule has 2 rings (SSSR count). The fraction of sp³-hybridized carbons (Fsp3) is 0.200.